The van der Waals surface area contributed by atoms with Crippen LogP contribution in [0.1, 0.15) is 5.56 Å². The molecule has 6 nitrogen and oxygen atoms in total. The lowest BCUT2D eigenvalue weighted by Gasteiger charge is -2.31. The number of phenols is 2. The fourth-order valence-electron chi connectivity index (χ4n) is 2.36. The van der Waals surface area contributed by atoms with Crippen LogP contribution in [0.4, 0.5) is 0 Å². The van der Waals surface area contributed by atoms with Gasteiger partial charge in [0.05, 0.1) is 0 Å². The van der Waals surface area contributed by atoms with Crippen molar-refractivity contribution in [3.8, 4) is 11.5 Å². The number of fused-ring (bicyclic) bond motifs is 1. The van der Waals surface area contributed by atoms with Crippen LogP contribution in [0.3, 0.4) is 0 Å². The van der Waals surface area contributed by atoms with Gasteiger partial charge in [0.1, 0.15) is 29.3 Å². The second-order valence-corrected chi connectivity index (χ2v) is 4.84. The first-order chi connectivity index (χ1) is 9.95. The first-order valence-electron chi connectivity index (χ1n) is 6.21. The third kappa shape index (κ3) is 2.20. The van der Waals surface area contributed by atoms with Gasteiger partial charge in [0.15, 0.2) is 17.3 Å². The molecule has 4 N–H and O–H groups in total. The number of phenolic OH excluding ortho intramolecular Hbond substituents is 2. The molecule has 1 aliphatic heterocycles. The second-order valence-electron chi connectivity index (χ2n) is 4.84. The van der Waals surface area contributed by atoms with Gasteiger partial charge in [-0.15, -0.1) is 0 Å². The summed E-state index contributed by atoms with van der Waals surface area (Å²) in [6.45, 7) is 0. The third-order valence-electron chi connectivity index (χ3n) is 3.38. The van der Waals surface area contributed by atoms with E-state index in [4.69, 9.17) is 4.74 Å². The molecule has 0 bridgehead atoms. The van der Waals surface area contributed by atoms with Crippen LogP contribution in [-0.4, -0.2) is 32.3 Å². The number of benzene rings is 1. The molecule has 1 aromatic rings. The van der Waals surface area contributed by atoms with Gasteiger partial charge in [-0.1, -0.05) is 0 Å². The molecule has 1 heterocycles. The van der Waals surface area contributed by atoms with Crippen molar-refractivity contribution < 1.29 is 30.0 Å². The minimum atomic E-state index is -0.879. The minimum absolute atomic E-state index is 0.184. The number of carbonyl (C=O) groups excluding carboxylic acids is 1. The maximum Gasteiger partial charge on any atom is 0.174 e. The predicted molar refractivity (Wildman–Crippen MR) is 72.5 cm³/mol. The summed E-state index contributed by atoms with van der Waals surface area (Å²) in [7, 11) is 0. The van der Waals surface area contributed by atoms with Crippen LogP contribution in [0.2, 0.25) is 0 Å². The van der Waals surface area contributed by atoms with E-state index in [0.717, 1.165) is 6.08 Å². The Labute approximate surface area is 119 Å². The number of allylic oxidation sites excluding steroid dienone is 2. The molecule has 21 heavy (non-hydrogen) atoms. The van der Waals surface area contributed by atoms with Crippen LogP contribution >= 0.6 is 0 Å². The molecule has 0 fully saturated rings. The van der Waals surface area contributed by atoms with Crippen molar-refractivity contribution in [1.29, 1.82) is 0 Å². The van der Waals surface area contributed by atoms with Gasteiger partial charge in [-0.05, 0) is 24.3 Å². The average molecular weight is 288 g/mol. The minimum Gasteiger partial charge on any atom is -0.511 e. The smallest absolute Gasteiger partial charge is 0.174 e. The van der Waals surface area contributed by atoms with E-state index in [1.54, 1.807) is 0 Å². The average Bonchev–Trinajstić information content (AvgIpc) is 2.40. The number of carbonyl (C=O) groups is 1. The van der Waals surface area contributed by atoms with E-state index in [9.17, 15) is 25.2 Å². The van der Waals surface area contributed by atoms with E-state index in [0.29, 0.717) is 5.56 Å². The molecule has 108 valence electrons. The lowest BCUT2D eigenvalue weighted by Crippen LogP contribution is -2.35. The van der Waals surface area contributed by atoms with Crippen molar-refractivity contribution in [3.63, 3.8) is 0 Å². The Balaban J connectivity index is 1.99. The van der Waals surface area contributed by atoms with Crippen molar-refractivity contribution in [2.75, 3.05) is 0 Å². The molecule has 0 saturated carbocycles. The summed E-state index contributed by atoms with van der Waals surface area (Å²) in [5.41, 5.74) is 0.402. The molecule has 0 aromatic heterocycles. The highest BCUT2D eigenvalue weighted by molar-refractivity contribution is 6.00. The molecule has 3 rings (SSSR count). The summed E-state index contributed by atoms with van der Waals surface area (Å²) in [5.74, 6) is -2.12. The Morgan fingerprint density at radius 1 is 1.00 bits per heavy atom. The Bertz CT molecular complexity index is 713. The maximum absolute atomic E-state index is 12.1. The third-order valence-corrected chi connectivity index (χ3v) is 3.38. The first kappa shape index (κ1) is 13.1. The molecule has 0 saturated heterocycles. The standard InChI is InChI=1S/C15H12O6/c16-8-4-11(19)15-12(20)6-13(21-14(15)5-8)7-1-2-9(17)10(18)3-7/h1-6,14-19H. The molecule has 0 radical (unpaired) electrons. The molecule has 1 aliphatic carbocycles. The van der Waals surface area contributed by atoms with E-state index >= 15 is 0 Å². The van der Waals surface area contributed by atoms with Crippen LogP contribution in [0.25, 0.3) is 5.76 Å². The van der Waals surface area contributed by atoms with Gasteiger partial charge < -0.3 is 25.2 Å². The summed E-state index contributed by atoms with van der Waals surface area (Å²) in [6.07, 6.45) is 2.83. The van der Waals surface area contributed by atoms with Gasteiger partial charge in [-0.2, -0.15) is 0 Å². The van der Waals surface area contributed by atoms with E-state index in [-0.39, 0.29) is 34.6 Å². The van der Waals surface area contributed by atoms with E-state index in [1.807, 2.05) is 0 Å². The zero-order valence-electron chi connectivity index (χ0n) is 10.7. The SMILES string of the molecule is O=C1C=C(c2ccc(O)c(O)c2)OC2C=C(O)C=C(O)C12. The lowest BCUT2D eigenvalue weighted by atomic mass is 9.88. The number of hydrogen-bond donors (Lipinski definition) is 4. The molecule has 2 aliphatic rings. The number of aliphatic hydroxyl groups excluding tert-OH is 2. The number of hydrogen-bond acceptors (Lipinski definition) is 6. The largest absolute Gasteiger partial charge is 0.511 e. The van der Waals surface area contributed by atoms with Crippen molar-refractivity contribution in [2.24, 2.45) is 5.92 Å². The Morgan fingerprint density at radius 3 is 2.48 bits per heavy atom. The molecule has 2 atom stereocenters. The van der Waals surface area contributed by atoms with E-state index < -0.39 is 12.0 Å². The fourth-order valence-corrected chi connectivity index (χ4v) is 2.36. The Morgan fingerprint density at radius 2 is 1.76 bits per heavy atom. The van der Waals surface area contributed by atoms with Gasteiger partial charge in [-0.3, -0.25) is 4.79 Å². The number of aliphatic hydroxyl groups is 2. The monoisotopic (exact) mass is 288 g/mol. The van der Waals surface area contributed by atoms with Crippen molar-refractivity contribution >= 4 is 11.5 Å². The van der Waals surface area contributed by atoms with E-state index in [2.05, 4.69) is 0 Å². The number of aromatic hydroxyl groups is 2. The fraction of sp³-hybridized carbons (Fsp3) is 0.133. The highest BCUT2D eigenvalue weighted by atomic mass is 16.5. The topological polar surface area (TPSA) is 107 Å². The molecule has 2 unspecified atom stereocenters. The molecule has 1 aromatic carbocycles. The molecular formula is C15H12O6. The molecule has 0 spiro atoms. The van der Waals surface area contributed by atoms with Crippen LogP contribution in [0.15, 0.2) is 47.9 Å². The number of rotatable bonds is 1. The maximum atomic E-state index is 12.1. The summed E-state index contributed by atoms with van der Waals surface area (Å²) in [4.78, 5) is 12.1. The van der Waals surface area contributed by atoms with Crippen LogP contribution < -0.4 is 0 Å². The highest BCUT2D eigenvalue weighted by Crippen LogP contribution is 2.36. The number of ether oxygens (including phenoxy) is 1. The number of ketones is 1. The molecule has 6 heteroatoms. The zero-order chi connectivity index (χ0) is 15.1. The lowest BCUT2D eigenvalue weighted by molar-refractivity contribution is -0.121. The van der Waals surface area contributed by atoms with Crippen LogP contribution in [0, 0.1) is 5.92 Å². The van der Waals surface area contributed by atoms with Crippen molar-refractivity contribution in [1.82, 2.24) is 0 Å². The summed E-state index contributed by atoms with van der Waals surface area (Å²) < 4.78 is 5.59. The normalized spacial score (nSPS) is 24.4. The first-order valence-corrected chi connectivity index (χ1v) is 6.21. The molecular weight excluding hydrogens is 276 g/mol. The van der Waals surface area contributed by atoms with E-state index in [1.165, 1.54) is 30.4 Å². The van der Waals surface area contributed by atoms with Gasteiger partial charge in [0.25, 0.3) is 0 Å². The quantitative estimate of drug-likeness (QED) is 0.588. The van der Waals surface area contributed by atoms with Gasteiger partial charge in [0, 0.05) is 17.7 Å². The summed E-state index contributed by atoms with van der Waals surface area (Å²) >= 11 is 0. The second kappa shape index (κ2) is 4.59. The Hall–Kier alpha value is -2.89. The Kier molecular flexibility index (Phi) is 2.86. The summed E-state index contributed by atoms with van der Waals surface area (Å²) in [5, 5.41) is 38.0. The summed E-state index contributed by atoms with van der Waals surface area (Å²) in [6, 6.07) is 4.02. The van der Waals surface area contributed by atoms with Gasteiger partial charge in [-0.25, -0.2) is 0 Å². The highest BCUT2D eigenvalue weighted by Gasteiger charge is 2.38. The van der Waals surface area contributed by atoms with Gasteiger partial charge >= 0.3 is 0 Å². The van der Waals surface area contributed by atoms with Crippen LogP contribution in [0.5, 0.6) is 11.5 Å². The van der Waals surface area contributed by atoms with Gasteiger partial charge in [0.2, 0.25) is 0 Å². The van der Waals surface area contributed by atoms with Crippen molar-refractivity contribution in [2.45, 2.75) is 6.10 Å². The predicted octanol–water partition coefficient (Wildman–Crippen LogP) is 1.92. The van der Waals surface area contributed by atoms with Crippen LogP contribution in [-0.2, 0) is 9.53 Å². The van der Waals surface area contributed by atoms with Crippen molar-refractivity contribution in [3.05, 3.63) is 53.5 Å². The zero-order valence-corrected chi connectivity index (χ0v) is 10.7. The molecule has 0 amide bonds.